The fourth-order valence-electron chi connectivity index (χ4n) is 3.88. The van der Waals surface area contributed by atoms with Gasteiger partial charge in [0.1, 0.15) is 0 Å². The van der Waals surface area contributed by atoms with Crippen LogP contribution in [0.2, 0.25) is 0 Å². The first-order chi connectivity index (χ1) is 9.11. The van der Waals surface area contributed by atoms with Crippen molar-refractivity contribution < 1.29 is 10.2 Å². The number of rotatable bonds is 2. The van der Waals surface area contributed by atoms with Crippen molar-refractivity contribution in [3.05, 3.63) is 35.4 Å². The molecule has 0 amide bonds. The predicted molar refractivity (Wildman–Crippen MR) is 75.7 cm³/mol. The molecule has 0 radical (unpaired) electrons. The molecular weight excluding hydrogens is 238 g/mol. The van der Waals surface area contributed by atoms with Gasteiger partial charge in [-0.15, -0.1) is 6.58 Å². The number of phenolic OH excluding ortho intramolecular Hbond substituents is 2. The first-order valence-electron chi connectivity index (χ1n) is 6.99. The van der Waals surface area contributed by atoms with Crippen LogP contribution in [0.4, 0.5) is 0 Å². The molecule has 1 aromatic rings. The predicted octanol–water partition coefficient (Wildman–Crippen LogP) is 2.55. The molecule has 19 heavy (non-hydrogen) atoms. The van der Waals surface area contributed by atoms with Gasteiger partial charge in [-0.25, -0.2) is 0 Å². The molecule has 0 saturated carbocycles. The molecule has 3 heteroatoms. The zero-order valence-electron chi connectivity index (χ0n) is 11.4. The Labute approximate surface area is 114 Å². The summed E-state index contributed by atoms with van der Waals surface area (Å²) in [5.41, 5.74) is 3.36. The van der Waals surface area contributed by atoms with Crippen LogP contribution >= 0.6 is 0 Å². The molecular formula is C16H21NO2. The van der Waals surface area contributed by atoms with Crippen molar-refractivity contribution in [1.82, 2.24) is 4.90 Å². The van der Waals surface area contributed by atoms with Gasteiger partial charge in [0, 0.05) is 31.1 Å². The summed E-state index contributed by atoms with van der Waals surface area (Å²) < 4.78 is 0. The minimum Gasteiger partial charge on any atom is -0.504 e. The Bertz CT molecular complexity index is 524. The van der Waals surface area contributed by atoms with Gasteiger partial charge in [0.15, 0.2) is 11.5 Å². The summed E-state index contributed by atoms with van der Waals surface area (Å²) in [6.45, 7) is 8.95. The van der Waals surface area contributed by atoms with Gasteiger partial charge in [-0.3, -0.25) is 4.90 Å². The number of phenols is 2. The smallest absolute Gasteiger partial charge is 0.160 e. The first-order valence-corrected chi connectivity index (χ1v) is 6.99. The highest BCUT2D eigenvalue weighted by Gasteiger charge is 2.39. The Hall–Kier alpha value is -1.48. The summed E-state index contributed by atoms with van der Waals surface area (Å²) >= 11 is 0. The van der Waals surface area contributed by atoms with E-state index in [1.54, 1.807) is 6.07 Å². The molecule has 1 saturated heterocycles. The van der Waals surface area contributed by atoms with Gasteiger partial charge in [-0.05, 0) is 42.9 Å². The summed E-state index contributed by atoms with van der Waals surface area (Å²) in [4.78, 5) is 2.43. The van der Waals surface area contributed by atoms with Crippen LogP contribution in [0.15, 0.2) is 18.7 Å². The van der Waals surface area contributed by atoms with Crippen molar-refractivity contribution in [2.75, 3.05) is 19.6 Å². The minimum absolute atomic E-state index is 0.0237. The second-order valence-electron chi connectivity index (χ2n) is 5.87. The highest BCUT2D eigenvalue weighted by atomic mass is 16.3. The van der Waals surface area contributed by atoms with E-state index in [4.69, 9.17) is 0 Å². The number of aromatic hydroxyl groups is 2. The number of likely N-dealkylation sites (tertiary alicyclic amines) is 1. The van der Waals surface area contributed by atoms with Gasteiger partial charge in [0.25, 0.3) is 0 Å². The summed E-state index contributed by atoms with van der Waals surface area (Å²) in [6, 6.07) is 1.70. The van der Waals surface area contributed by atoms with Crippen LogP contribution in [0, 0.1) is 12.8 Å². The van der Waals surface area contributed by atoms with Crippen molar-refractivity contribution >= 4 is 0 Å². The van der Waals surface area contributed by atoms with E-state index in [0.717, 1.165) is 43.6 Å². The normalized spacial score (nSPS) is 25.9. The molecule has 3 rings (SSSR count). The van der Waals surface area contributed by atoms with E-state index >= 15 is 0 Å². The Morgan fingerprint density at radius 1 is 1.42 bits per heavy atom. The summed E-state index contributed by atoms with van der Waals surface area (Å²) in [5.74, 6) is 1.29. The van der Waals surface area contributed by atoms with Crippen LogP contribution in [0.3, 0.4) is 0 Å². The van der Waals surface area contributed by atoms with Crippen molar-refractivity contribution in [2.45, 2.75) is 25.7 Å². The van der Waals surface area contributed by atoms with Crippen LogP contribution in [0.1, 0.15) is 29.0 Å². The van der Waals surface area contributed by atoms with Gasteiger partial charge in [-0.2, -0.15) is 0 Å². The fraction of sp³-hybridized carbons (Fsp3) is 0.500. The zero-order chi connectivity index (χ0) is 13.6. The van der Waals surface area contributed by atoms with E-state index in [1.165, 1.54) is 5.56 Å². The van der Waals surface area contributed by atoms with Crippen molar-refractivity contribution in [3.63, 3.8) is 0 Å². The van der Waals surface area contributed by atoms with Gasteiger partial charge in [-0.1, -0.05) is 6.08 Å². The molecule has 1 fully saturated rings. The lowest BCUT2D eigenvalue weighted by molar-refractivity contribution is 0.352. The topological polar surface area (TPSA) is 43.7 Å². The second kappa shape index (κ2) is 4.57. The van der Waals surface area contributed by atoms with Crippen molar-refractivity contribution in [1.29, 1.82) is 0 Å². The van der Waals surface area contributed by atoms with E-state index in [1.807, 2.05) is 13.0 Å². The molecule has 1 aromatic carbocycles. The third kappa shape index (κ3) is 1.93. The number of hydrogen-bond donors (Lipinski definition) is 2. The monoisotopic (exact) mass is 259 g/mol. The molecule has 102 valence electrons. The van der Waals surface area contributed by atoms with Crippen LogP contribution in [-0.2, 0) is 6.42 Å². The molecule has 2 aliphatic rings. The molecule has 3 nitrogen and oxygen atoms in total. The lowest BCUT2D eigenvalue weighted by atomic mass is 9.75. The molecule has 2 unspecified atom stereocenters. The Morgan fingerprint density at radius 3 is 2.95 bits per heavy atom. The third-order valence-electron chi connectivity index (χ3n) is 4.67. The Kier molecular flexibility index (Phi) is 3.02. The summed E-state index contributed by atoms with van der Waals surface area (Å²) in [7, 11) is 0. The van der Waals surface area contributed by atoms with Gasteiger partial charge in [0.05, 0.1) is 0 Å². The number of benzene rings is 1. The SMILES string of the molecule is C=CCN1CC2CCc3c(O)c(O)cc(C)c3C2C1. The highest BCUT2D eigenvalue weighted by molar-refractivity contribution is 5.55. The first kappa shape index (κ1) is 12.5. The largest absolute Gasteiger partial charge is 0.504 e. The van der Waals surface area contributed by atoms with Gasteiger partial charge >= 0.3 is 0 Å². The Balaban J connectivity index is 2.01. The number of aryl methyl sites for hydroxylation is 1. The molecule has 0 spiro atoms. The van der Waals surface area contributed by atoms with Crippen LogP contribution in [0.5, 0.6) is 11.5 Å². The number of hydrogen-bond acceptors (Lipinski definition) is 3. The summed E-state index contributed by atoms with van der Waals surface area (Å²) in [5, 5.41) is 19.8. The van der Waals surface area contributed by atoms with Crippen molar-refractivity contribution in [3.8, 4) is 11.5 Å². The maximum Gasteiger partial charge on any atom is 0.160 e. The Morgan fingerprint density at radius 2 is 2.21 bits per heavy atom. The maximum absolute atomic E-state index is 10.1. The van der Waals surface area contributed by atoms with Gasteiger partial charge < -0.3 is 10.2 Å². The standard InChI is InChI=1S/C16H21NO2/c1-3-6-17-8-11-4-5-12-15(13(11)9-17)10(2)7-14(18)16(12)19/h3,7,11,13,18-19H,1,4-6,8-9H2,2H3. The fourth-order valence-corrected chi connectivity index (χ4v) is 3.88. The summed E-state index contributed by atoms with van der Waals surface area (Å²) in [6.07, 6.45) is 3.93. The number of fused-ring (bicyclic) bond motifs is 3. The molecule has 1 aliphatic carbocycles. The highest BCUT2D eigenvalue weighted by Crippen LogP contribution is 2.47. The van der Waals surface area contributed by atoms with E-state index in [0.29, 0.717) is 11.8 Å². The average Bonchev–Trinajstić information content (AvgIpc) is 2.78. The van der Waals surface area contributed by atoms with Crippen molar-refractivity contribution in [2.24, 2.45) is 5.92 Å². The van der Waals surface area contributed by atoms with E-state index in [9.17, 15) is 10.2 Å². The molecule has 2 N–H and O–H groups in total. The second-order valence-corrected chi connectivity index (χ2v) is 5.87. The minimum atomic E-state index is 0.0237. The lowest BCUT2D eigenvalue weighted by Crippen LogP contribution is -2.20. The van der Waals surface area contributed by atoms with E-state index in [-0.39, 0.29) is 11.5 Å². The van der Waals surface area contributed by atoms with E-state index in [2.05, 4.69) is 11.5 Å². The molecule has 1 aliphatic heterocycles. The van der Waals surface area contributed by atoms with Crippen LogP contribution in [0.25, 0.3) is 0 Å². The molecule has 2 atom stereocenters. The zero-order valence-corrected chi connectivity index (χ0v) is 11.4. The average molecular weight is 259 g/mol. The number of nitrogens with zero attached hydrogens (tertiary/aromatic N) is 1. The molecule has 0 aromatic heterocycles. The maximum atomic E-state index is 10.1. The molecule has 1 heterocycles. The van der Waals surface area contributed by atoms with Gasteiger partial charge in [0.2, 0.25) is 0 Å². The van der Waals surface area contributed by atoms with E-state index < -0.39 is 0 Å². The molecule has 0 bridgehead atoms. The van der Waals surface area contributed by atoms with Crippen LogP contribution < -0.4 is 0 Å². The lowest BCUT2D eigenvalue weighted by Gasteiger charge is -2.29. The quantitative estimate of drug-likeness (QED) is 0.633. The van der Waals surface area contributed by atoms with Crippen LogP contribution in [-0.4, -0.2) is 34.7 Å². The third-order valence-corrected chi connectivity index (χ3v) is 4.67.